The van der Waals surface area contributed by atoms with Crippen molar-refractivity contribution in [3.05, 3.63) is 64.9 Å². The fourth-order valence-corrected chi connectivity index (χ4v) is 4.22. The number of esters is 1. The molecule has 1 aromatic heterocycles. The number of piperidine rings is 1. The van der Waals surface area contributed by atoms with E-state index >= 15 is 0 Å². The van der Waals surface area contributed by atoms with Crippen LogP contribution < -0.4 is 0 Å². The number of aromatic nitrogens is 1. The summed E-state index contributed by atoms with van der Waals surface area (Å²) in [5.74, 6) is -0.168. The predicted molar refractivity (Wildman–Crippen MR) is 113 cm³/mol. The van der Waals surface area contributed by atoms with Crippen LogP contribution in [-0.2, 0) is 27.2 Å². The number of hydrogen-bond donors (Lipinski definition) is 0. The first kappa shape index (κ1) is 21.3. The average Bonchev–Trinajstić information content (AvgIpc) is 2.73. The van der Waals surface area contributed by atoms with Gasteiger partial charge in [0.2, 0.25) is 5.91 Å². The summed E-state index contributed by atoms with van der Waals surface area (Å²) in [5.41, 5.74) is 1.28. The second kappa shape index (κ2) is 9.88. The molecule has 6 heteroatoms. The van der Waals surface area contributed by atoms with Gasteiger partial charge in [0.25, 0.3) is 0 Å². The first-order valence-electron chi connectivity index (χ1n) is 10.1. The Morgan fingerprint density at radius 2 is 2.07 bits per heavy atom. The number of pyridine rings is 1. The normalized spacial score (nSPS) is 19.0. The molecular weight excluding hydrogens is 388 g/mol. The molecule has 0 spiro atoms. The molecule has 1 fully saturated rings. The maximum Gasteiger partial charge on any atom is 0.314 e. The molecule has 5 nitrogen and oxygen atoms in total. The van der Waals surface area contributed by atoms with Crippen LogP contribution >= 0.6 is 11.6 Å². The summed E-state index contributed by atoms with van der Waals surface area (Å²) >= 11 is 6.14. The van der Waals surface area contributed by atoms with Gasteiger partial charge in [-0.3, -0.25) is 14.6 Å². The van der Waals surface area contributed by atoms with Crippen molar-refractivity contribution in [1.82, 2.24) is 9.88 Å². The summed E-state index contributed by atoms with van der Waals surface area (Å²) in [7, 11) is 0. The van der Waals surface area contributed by atoms with Gasteiger partial charge >= 0.3 is 5.97 Å². The molecule has 1 aliphatic rings. The van der Waals surface area contributed by atoms with Gasteiger partial charge in [-0.25, -0.2) is 0 Å². The lowest BCUT2D eigenvalue weighted by Gasteiger charge is -2.41. The average molecular weight is 415 g/mol. The van der Waals surface area contributed by atoms with Crippen molar-refractivity contribution in [2.75, 3.05) is 19.7 Å². The van der Waals surface area contributed by atoms with E-state index in [-0.39, 0.29) is 11.9 Å². The fourth-order valence-electron chi connectivity index (χ4n) is 4.00. The van der Waals surface area contributed by atoms with Gasteiger partial charge in [-0.1, -0.05) is 29.8 Å². The van der Waals surface area contributed by atoms with Gasteiger partial charge in [0.1, 0.15) is 0 Å². The van der Waals surface area contributed by atoms with E-state index in [0.717, 1.165) is 17.5 Å². The number of rotatable bonds is 7. The highest BCUT2D eigenvalue weighted by Crippen LogP contribution is 2.36. The van der Waals surface area contributed by atoms with Crippen LogP contribution in [-0.4, -0.2) is 41.5 Å². The first-order chi connectivity index (χ1) is 14.0. The van der Waals surface area contributed by atoms with Crippen LogP contribution in [0.4, 0.5) is 0 Å². The lowest BCUT2D eigenvalue weighted by molar-refractivity contribution is -0.160. The highest BCUT2D eigenvalue weighted by molar-refractivity contribution is 6.30. The fraction of sp³-hybridized carbons (Fsp3) is 0.435. The SMILES string of the molecule is CCOC(=O)C1(Cc2cccc(Cl)c2)CCCN(C(=O)CCc2cccnc2)C1. The maximum absolute atomic E-state index is 13.0. The molecule has 0 N–H and O–H groups in total. The Labute approximate surface area is 177 Å². The Bertz CT molecular complexity index is 843. The molecule has 1 unspecified atom stereocenters. The van der Waals surface area contributed by atoms with E-state index in [0.29, 0.717) is 50.4 Å². The van der Waals surface area contributed by atoms with Crippen molar-refractivity contribution in [3.63, 3.8) is 0 Å². The van der Waals surface area contributed by atoms with E-state index < -0.39 is 5.41 Å². The third-order valence-corrected chi connectivity index (χ3v) is 5.66. The van der Waals surface area contributed by atoms with Crippen molar-refractivity contribution in [3.8, 4) is 0 Å². The maximum atomic E-state index is 13.0. The van der Waals surface area contributed by atoms with Gasteiger partial charge in [-0.2, -0.15) is 0 Å². The van der Waals surface area contributed by atoms with E-state index in [1.165, 1.54) is 0 Å². The zero-order valence-electron chi connectivity index (χ0n) is 16.8. The van der Waals surface area contributed by atoms with Gasteiger partial charge in [-0.05, 0) is 61.9 Å². The monoisotopic (exact) mass is 414 g/mol. The molecule has 2 heterocycles. The number of likely N-dealkylation sites (tertiary alicyclic amines) is 1. The number of ether oxygens (including phenoxy) is 1. The Balaban J connectivity index is 1.74. The number of carbonyl (C=O) groups is 2. The minimum absolute atomic E-state index is 0.0633. The van der Waals surface area contributed by atoms with Gasteiger partial charge in [0.15, 0.2) is 0 Å². The molecule has 0 saturated carbocycles. The topological polar surface area (TPSA) is 59.5 Å². The van der Waals surface area contributed by atoms with E-state index in [4.69, 9.17) is 16.3 Å². The van der Waals surface area contributed by atoms with Crippen LogP contribution in [0.5, 0.6) is 0 Å². The van der Waals surface area contributed by atoms with Crippen molar-refractivity contribution in [1.29, 1.82) is 0 Å². The number of carbonyl (C=O) groups excluding carboxylic acids is 2. The number of benzene rings is 1. The summed E-state index contributed by atoms with van der Waals surface area (Å²) in [6.45, 7) is 3.18. The van der Waals surface area contributed by atoms with Crippen molar-refractivity contribution < 1.29 is 14.3 Å². The molecule has 1 aliphatic heterocycles. The van der Waals surface area contributed by atoms with Crippen LogP contribution in [0.3, 0.4) is 0 Å². The summed E-state index contributed by atoms with van der Waals surface area (Å²) in [5, 5.41) is 0.640. The Kier molecular flexibility index (Phi) is 7.26. The molecule has 3 rings (SSSR count). The molecule has 29 heavy (non-hydrogen) atoms. The predicted octanol–water partition coefficient (Wildman–Crippen LogP) is 4.08. The number of amides is 1. The molecule has 1 amide bonds. The quantitative estimate of drug-likeness (QED) is 0.640. The van der Waals surface area contributed by atoms with Crippen LogP contribution in [0, 0.1) is 5.41 Å². The minimum atomic E-state index is -0.733. The number of hydrogen-bond acceptors (Lipinski definition) is 4. The van der Waals surface area contributed by atoms with Gasteiger partial charge in [-0.15, -0.1) is 0 Å². The second-order valence-electron chi connectivity index (χ2n) is 7.59. The summed E-state index contributed by atoms with van der Waals surface area (Å²) < 4.78 is 5.43. The molecule has 1 saturated heterocycles. The number of halogens is 1. The van der Waals surface area contributed by atoms with E-state index in [1.54, 1.807) is 12.4 Å². The molecule has 154 valence electrons. The van der Waals surface area contributed by atoms with Crippen molar-refractivity contribution >= 4 is 23.5 Å². The van der Waals surface area contributed by atoms with E-state index in [2.05, 4.69) is 4.98 Å². The Morgan fingerprint density at radius 1 is 1.24 bits per heavy atom. The molecule has 0 bridgehead atoms. The molecule has 2 aromatic rings. The smallest absolute Gasteiger partial charge is 0.314 e. The molecule has 1 atom stereocenters. The third-order valence-electron chi connectivity index (χ3n) is 5.42. The molecule has 0 aliphatic carbocycles. The molecule has 1 aromatic carbocycles. The standard InChI is InChI=1S/C23H27ClN2O3/c1-2-29-22(28)23(15-19-6-3-8-20(24)14-19)11-5-13-26(17-23)21(27)10-9-18-7-4-12-25-16-18/h3-4,6-8,12,14,16H,2,5,9-11,13,15,17H2,1H3. The van der Waals surface area contributed by atoms with Crippen LogP contribution in [0.15, 0.2) is 48.8 Å². The largest absolute Gasteiger partial charge is 0.466 e. The van der Waals surface area contributed by atoms with E-state index in [1.807, 2.05) is 48.2 Å². The third kappa shape index (κ3) is 5.57. The molecule has 0 radical (unpaired) electrons. The van der Waals surface area contributed by atoms with Gasteiger partial charge < -0.3 is 9.64 Å². The summed E-state index contributed by atoms with van der Waals surface area (Å²) in [6, 6.07) is 11.4. The van der Waals surface area contributed by atoms with Crippen LogP contribution in [0.1, 0.15) is 37.3 Å². The first-order valence-corrected chi connectivity index (χ1v) is 10.5. The zero-order valence-corrected chi connectivity index (χ0v) is 17.5. The lowest BCUT2D eigenvalue weighted by Crippen LogP contribution is -2.51. The zero-order chi connectivity index (χ0) is 20.7. The van der Waals surface area contributed by atoms with E-state index in [9.17, 15) is 9.59 Å². The second-order valence-corrected chi connectivity index (χ2v) is 8.02. The van der Waals surface area contributed by atoms with Gasteiger partial charge in [0.05, 0.1) is 12.0 Å². The minimum Gasteiger partial charge on any atom is -0.466 e. The molecular formula is C23H27ClN2O3. The number of nitrogens with zero attached hydrogens (tertiary/aromatic N) is 2. The Morgan fingerprint density at radius 3 is 2.79 bits per heavy atom. The lowest BCUT2D eigenvalue weighted by atomic mass is 9.75. The van der Waals surface area contributed by atoms with Crippen molar-refractivity contribution in [2.45, 2.75) is 39.0 Å². The van der Waals surface area contributed by atoms with Crippen LogP contribution in [0.2, 0.25) is 5.02 Å². The summed E-state index contributed by atoms with van der Waals surface area (Å²) in [4.78, 5) is 31.8. The van der Waals surface area contributed by atoms with Crippen LogP contribution in [0.25, 0.3) is 0 Å². The Hall–Kier alpha value is -2.40. The highest BCUT2D eigenvalue weighted by Gasteiger charge is 2.44. The van der Waals surface area contributed by atoms with Crippen molar-refractivity contribution in [2.24, 2.45) is 5.41 Å². The van der Waals surface area contributed by atoms with Gasteiger partial charge in [0, 0.05) is 36.9 Å². The summed E-state index contributed by atoms with van der Waals surface area (Å²) in [6.07, 6.45) is 6.54. The highest BCUT2D eigenvalue weighted by atomic mass is 35.5. The number of aryl methyl sites for hydroxylation is 1.